The Bertz CT molecular complexity index is 295. The third-order valence-electron chi connectivity index (χ3n) is 1.72. The van der Waals surface area contributed by atoms with Gasteiger partial charge in [0.05, 0.1) is 13.7 Å². The van der Waals surface area contributed by atoms with Crippen LogP contribution in [0.25, 0.3) is 0 Å². The van der Waals surface area contributed by atoms with Crippen molar-refractivity contribution >= 4 is 11.6 Å². The van der Waals surface area contributed by atoms with Gasteiger partial charge in [-0.2, -0.15) is 0 Å². The second-order valence-corrected chi connectivity index (χ2v) is 2.95. The van der Waals surface area contributed by atoms with Crippen LogP contribution in [-0.2, 0) is 9.63 Å². The van der Waals surface area contributed by atoms with Crippen LogP contribution in [0.2, 0.25) is 0 Å². The van der Waals surface area contributed by atoms with Gasteiger partial charge in [0.1, 0.15) is 0 Å². The van der Waals surface area contributed by atoms with Gasteiger partial charge in [0.2, 0.25) is 0 Å². The summed E-state index contributed by atoms with van der Waals surface area (Å²) in [7, 11) is 1.41. The second-order valence-electron chi connectivity index (χ2n) is 2.95. The minimum absolute atomic E-state index is 0.201. The molecule has 0 fully saturated rings. The lowest BCUT2D eigenvalue weighted by Crippen LogP contribution is -2.28. The molecular weight excluding hydrogens is 180 g/mol. The van der Waals surface area contributed by atoms with Gasteiger partial charge in [0.25, 0.3) is 5.91 Å². The van der Waals surface area contributed by atoms with E-state index in [-0.39, 0.29) is 12.5 Å². The zero-order chi connectivity index (χ0) is 10.4. The summed E-state index contributed by atoms with van der Waals surface area (Å²) >= 11 is 0. The van der Waals surface area contributed by atoms with E-state index in [9.17, 15) is 4.79 Å². The molecule has 0 heterocycles. The highest BCUT2D eigenvalue weighted by molar-refractivity contribution is 5.79. The molecule has 2 N–H and O–H groups in total. The summed E-state index contributed by atoms with van der Waals surface area (Å²) in [5.74, 6) is -0.201. The van der Waals surface area contributed by atoms with Crippen molar-refractivity contribution < 1.29 is 9.63 Å². The second kappa shape index (κ2) is 5.24. The number of anilines is 1. The molecule has 0 radical (unpaired) electrons. The quantitative estimate of drug-likeness (QED) is 0.705. The minimum Gasteiger partial charge on any atom is -0.376 e. The zero-order valence-corrected chi connectivity index (χ0v) is 8.33. The molecule has 0 aliphatic carbocycles. The van der Waals surface area contributed by atoms with Crippen LogP contribution in [0, 0.1) is 6.92 Å². The summed E-state index contributed by atoms with van der Waals surface area (Å²) in [5, 5.41) is 2.96. The molecule has 0 saturated heterocycles. The largest absolute Gasteiger partial charge is 0.376 e. The van der Waals surface area contributed by atoms with Gasteiger partial charge in [-0.3, -0.25) is 9.63 Å². The molecule has 0 spiro atoms. The smallest absolute Gasteiger partial charge is 0.262 e. The topological polar surface area (TPSA) is 50.4 Å². The summed E-state index contributed by atoms with van der Waals surface area (Å²) in [6, 6.07) is 7.82. The molecule has 14 heavy (non-hydrogen) atoms. The van der Waals surface area contributed by atoms with Gasteiger partial charge in [0.15, 0.2) is 0 Å². The van der Waals surface area contributed by atoms with Crippen LogP contribution in [0.4, 0.5) is 5.69 Å². The fourth-order valence-electron chi connectivity index (χ4n) is 1.00. The van der Waals surface area contributed by atoms with E-state index in [1.807, 2.05) is 31.2 Å². The van der Waals surface area contributed by atoms with Crippen molar-refractivity contribution in [2.45, 2.75) is 6.92 Å². The van der Waals surface area contributed by atoms with Crippen molar-refractivity contribution in [3.05, 3.63) is 29.8 Å². The minimum atomic E-state index is -0.201. The number of nitrogens with one attached hydrogen (secondary N) is 2. The van der Waals surface area contributed by atoms with Gasteiger partial charge in [-0.15, -0.1) is 0 Å². The number of carbonyl (C=O) groups is 1. The highest BCUT2D eigenvalue weighted by Gasteiger charge is 1.98. The first-order valence-electron chi connectivity index (χ1n) is 4.34. The predicted octanol–water partition coefficient (Wildman–Crippen LogP) is 1.08. The zero-order valence-electron chi connectivity index (χ0n) is 8.33. The van der Waals surface area contributed by atoms with Crippen molar-refractivity contribution in [1.82, 2.24) is 5.48 Å². The van der Waals surface area contributed by atoms with Crippen LogP contribution < -0.4 is 10.8 Å². The van der Waals surface area contributed by atoms with E-state index in [1.54, 1.807) is 0 Å². The molecule has 0 atom stereocenters. The summed E-state index contributed by atoms with van der Waals surface area (Å²) in [6.45, 7) is 2.22. The van der Waals surface area contributed by atoms with Crippen molar-refractivity contribution in [2.75, 3.05) is 19.0 Å². The maximum atomic E-state index is 11.0. The van der Waals surface area contributed by atoms with Crippen LogP contribution in [0.3, 0.4) is 0 Å². The highest BCUT2D eigenvalue weighted by atomic mass is 16.6. The van der Waals surface area contributed by atoms with E-state index < -0.39 is 0 Å². The Kier molecular flexibility index (Phi) is 3.94. The average Bonchev–Trinajstić information content (AvgIpc) is 2.17. The summed E-state index contributed by atoms with van der Waals surface area (Å²) in [4.78, 5) is 15.5. The summed E-state index contributed by atoms with van der Waals surface area (Å²) < 4.78 is 0. The molecule has 4 nitrogen and oxygen atoms in total. The fourth-order valence-corrected chi connectivity index (χ4v) is 1.00. The van der Waals surface area contributed by atoms with Gasteiger partial charge in [-0.05, 0) is 19.1 Å². The number of carbonyl (C=O) groups excluding carboxylic acids is 1. The van der Waals surface area contributed by atoms with Gasteiger partial charge in [0, 0.05) is 5.69 Å². The predicted molar refractivity (Wildman–Crippen MR) is 54.8 cm³/mol. The number of hydrogen-bond acceptors (Lipinski definition) is 3. The van der Waals surface area contributed by atoms with Crippen molar-refractivity contribution in [2.24, 2.45) is 0 Å². The van der Waals surface area contributed by atoms with Crippen LogP contribution in [-0.4, -0.2) is 19.6 Å². The molecule has 0 aromatic heterocycles. The number of amides is 1. The summed E-state index contributed by atoms with van der Waals surface area (Å²) in [5.41, 5.74) is 4.34. The third kappa shape index (κ3) is 3.45. The lowest BCUT2D eigenvalue weighted by molar-refractivity contribution is -0.129. The fraction of sp³-hybridized carbons (Fsp3) is 0.300. The Morgan fingerprint density at radius 3 is 2.57 bits per heavy atom. The molecule has 0 saturated carbocycles. The monoisotopic (exact) mass is 194 g/mol. The molecule has 1 aromatic rings. The van der Waals surface area contributed by atoms with E-state index >= 15 is 0 Å². The molecule has 0 unspecified atom stereocenters. The molecule has 0 aliphatic rings. The molecule has 1 rings (SSSR count). The normalized spacial score (nSPS) is 9.57. The number of benzene rings is 1. The Morgan fingerprint density at radius 2 is 2.00 bits per heavy atom. The number of hydrogen-bond donors (Lipinski definition) is 2. The van der Waals surface area contributed by atoms with Gasteiger partial charge in [-0.1, -0.05) is 17.7 Å². The lowest BCUT2D eigenvalue weighted by Gasteiger charge is -2.05. The first kappa shape index (κ1) is 10.5. The molecular formula is C10H14N2O2. The molecule has 76 valence electrons. The molecule has 4 heteroatoms. The van der Waals surface area contributed by atoms with Crippen LogP contribution in [0.15, 0.2) is 24.3 Å². The molecule has 0 aliphatic heterocycles. The Balaban J connectivity index is 2.38. The van der Waals surface area contributed by atoms with E-state index in [0.29, 0.717) is 0 Å². The van der Waals surface area contributed by atoms with E-state index in [4.69, 9.17) is 0 Å². The summed E-state index contributed by atoms with van der Waals surface area (Å²) in [6.07, 6.45) is 0. The molecule has 1 amide bonds. The molecule has 0 bridgehead atoms. The van der Waals surface area contributed by atoms with Crippen molar-refractivity contribution in [3.8, 4) is 0 Å². The van der Waals surface area contributed by atoms with Crippen molar-refractivity contribution in [1.29, 1.82) is 0 Å². The Morgan fingerprint density at radius 1 is 1.36 bits per heavy atom. The highest BCUT2D eigenvalue weighted by Crippen LogP contribution is 2.07. The van der Waals surface area contributed by atoms with E-state index in [1.165, 1.54) is 12.7 Å². The van der Waals surface area contributed by atoms with Crippen LogP contribution in [0.5, 0.6) is 0 Å². The number of aryl methyl sites for hydroxylation is 1. The van der Waals surface area contributed by atoms with Gasteiger partial charge >= 0.3 is 0 Å². The van der Waals surface area contributed by atoms with Gasteiger partial charge < -0.3 is 5.32 Å². The lowest BCUT2D eigenvalue weighted by atomic mass is 10.2. The average molecular weight is 194 g/mol. The maximum absolute atomic E-state index is 11.0. The van der Waals surface area contributed by atoms with Crippen LogP contribution in [0.1, 0.15) is 5.56 Å². The van der Waals surface area contributed by atoms with E-state index in [2.05, 4.69) is 15.6 Å². The Labute approximate surface area is 83.2 Å². The van der Waals surface area contributed by atoms with Crippen molar-refractivity contribution in [3.63, 3.8) is 0 Å². The van der Waals surface area contributed by atoms with Crippen LogP contribution >= 0.6 is 0 Å². The van der Waals surface area contributed by atoms with E-state index in [0.717, 1.165) is 5.69 Å². The number of hydroxylamine groups is 1. The maximum Gasteiger partial charge on any atom is 0.262 e. The SMILES string of the molecule is CONC(=O)CNc1ccc(C)cc1. The first-order chi connectivity index (χ1) is 6.72. The number of rotatable bonds is 4. The standard InChI is InChI=1S/C10H14N2O2/c1-8-3-5-9(6-4-8)11-7-10(13)12-14-2/h3-6,11H,7H2,1-2H3,(H,12,13). The third-order valence-corrected chi connectivity index (χ3v) is 1.72. The molecule has 1 aromatic carbocycles. The van der Waals surface area contributed by atoms with Gasteiger partial charge in [-0.25, -0.2) is 5.48 Å². The first-order valence-corrected chi connectivity index (χ1v) is 4.34. The Hall–Kier alpha value is -1.55.